The summed E-state index contributed by atoms with van der Waals surface area (Å²) in [6.45, 7) is 3.71. The van der Waals surface area contributed by atoms with Crippen molar-refractivity contribution in [1.82, 2.24) is 10.6 Å². The zero-order valence-corrected chi connectivity index (χ0v) is 12.3. The topological polar surface area (TPSA) is 50.4 Å². The number of ether oxygens (including phenoxy) is 1. The molecule has 4 heteroatoms. The highest BCUT2D eigenvalue weighted by Crippen LogP contribution is 2.19. The average molecular weight is 276 g/mol. The molecule has 4 nitrogen and oxygen atoms in total. The molecule has 20 heavy (non-hydrogen) atoms. The first-order valence-corrected chi connectivity index (χ1v) is 7.37. The number of carbonyl (C=O) groups is 1. The van der Waals surface area contributed by atoms with Crippen LogP contribution < -0.4 is 15.4 Å². The fraction of sp³-hybridized carbons (Fsp3) is 0.562. The molecule has 1 heterocycles. The molecule has 0 radical (unpaired) electrons. The molecule has 1 aromatic carbocycles. The average Bonchev–Trinajstić information content (AvgIpc) is 2.53. The molecular formula is C16H24N2O2. The van der Waals surface area contributed by atoms with Crippen LogP contribution in [0.5, 0.6) is 5.75 Å². The van der Waals surface area contributed by atoms with Gasteiger partial charge in [-0.05, 0) is 43.0 Å². The van der Waals surface area contributed by atoms with Gasteiger partial charge in [-0.25, -0.2) is 0 Å². The maximum absolute atomic E-state index is 12.2. The van der Waals surface area contributed by atoms with Crippen LogP contribution in [0.1, 0.15) is 31.7 Å². The second kappa shape index (κ2) is 7.29. The van der Waals surface area contributed by atoms with E-state index in [1.165, 1.54) is 6.42 Å². The Kier molecular flexibility index (Phi) is 5.41. The molecule has 0 aromatic heterocycles. The molecule has 2 unspecified atom stereocenters. The minimum absolute atomic E-state index is 0.0352. The highest BCUT2D eigenvalue weighted by Gasteiger charge is 2.25. The number of piperidine rings is 1. The largest absolute Gasteiger partial charge is 0.497 e. The van der Waals surface area contributed by atoms with Crippen molar-refractivity contribution in [3.8, 4) is 5.75 Å². The third-order valence-electron chi connectivity index (χ3n) is 4.03. The van der Waals surface area contributed by atoms with E-state index < -0.39 is 0 Å². The summed E-state index contributed by atoms with van der Waals surface area (Å²) < 4.78 is 5.12. The van der Waals surface area contributed by atoms with Gasteiger partial charge < -0.3 is 15.4 Å². The van der Waals surface area contributed by atoms with E-state index >= 15 is 0 Å². The molecule has 2 N–H and O–H groups in total. The van der Waals surface area contributed by atoms with E-state index in [-0.39, 0.29) is 11.9 Å². The van der Waals surface area contributed by atoms with Crippen LogP contribution in [0.3, 0.4) is 0 Å². The SMILES string of the molecule is CCC1CCNC(C(=O)NCc2ccc(OC)cc2)C1. The van der Waals surface area contributed by atoms with Crippen LogP contribution in [0, 0.1) is 5.92 Å². The van der Waals surface area contributed by atoms with Gasteiger partial charge in [-0.3, -0.25) is 4.79 Å². The lowest BCUT2D eigenvalue weighted by Gasteiger charge is -2.28. The summed E-state index contributed by atoms with van der Waals surface area (Å²) in [5, 5.41) is 6.31. The van der Waals surface area contributed by atoms with Crippen LogP contribution in [0.4, 0.5) is 0 Å². The van der Waals surface area contributed by atoms with Gasteiger partial charge in [0.1, 0.15) is 5.75 Å². The van der Waals surface area contributed by atoms with E-state index in [1.54, 1.807) is 7.11 Å². The van der Waals surface area contributed by atoms with E-state index in [0.29, 0.717) is 12.5 Å². The number of methoxy groups -OCH3 is 1. The summed E-state index contributed by atoms with van der Waals surface area (Å²) in [5.41, 5.74) is 1.09. The molecule has 1 fully saturated rings. The minimum atomic E-state index is -0.0352. The fourth-order valence-electron chi connectivity index (χ4n) is 2.62. The third kappa shape index (κ3) is 3.97. The number of benzene rings is 1. The van der Waals surface area contributed by atoms with Crippen LogP contribution in [-0.4, -0.2) is 25.6 Å². The maximum atomic E-state index is 12.2. The standard InChI is InChI=1S/C16H24N2O2/c1-3-12-8-9-17-15(10-12)16(19)18-11-13-4-6-14(20-2)7-5-13/h4-7,12,15,17H,3,8-11H2,1-2H3,(H,18,19). The zero-order chi connectivity index (χ0) is 14.4. The van der Waals surface area contributed by atoms with Crippen LogP contribution in [0.25, 0.3) is 0 Å². The van der Waals surface area contributed by atoms with Gasteiger partial charge in [0.2, 0.25) is 5.91 Å². The zero-order valence-electron chi connectivity index (χ0n) is 12.3. The summed E-state index contributed by atoms with van der Waals surface area (Å²) in [6.07, 6.45) is 3.29. The number of hydrogen-bond acceptors (Lipinski definition) is 3. The second-order valence-corrected chi connectivity index (χ2v) is 5.37. The molecule has 2 rings (SSSR count). The molecule has 0 spiro atoms. The van der Waals surface area contributed by atoms with Crippen molar-refractivity contribution in [3.05, 3.63) is 29.8 Å². The molecule has 1 aliphatic heterocycles. The summed E-state index contributed by atoms with van der Waals surface area (Å²) in [7, 11) is 1.65. The van der Waals surface area contributed by atoms with Gasteiger partial charge in [0.15, 0.2) is 0 Å². The van der Waals surface area contributed by atoms with Crippen molar-refractivity contribution >= 4 is 5.91 Å². The van der Waals surface area contributed by atoms with Gasteiger partial charge >= 0.3 is 0 Å². The normalized spacial score (nSPS) is 22.3. The highest BCUT2D eigenvalue weighted by atomic mass is 16.5. The van der Waals surface area contributed by atoms with Gasteiger partial charge in [-0.1, -0.05) is 25.5 Å². The van der Waals surface area contributed by atoms with Crippen molar-refractivity contribution in [2.24, 2.45) is 5.92 Å². The van der Waals surface area contributed by atoms with Crippen molar-refractivity contribution in [2.75, 3.05) is 13.7 Å². The fourth-order valence-corrected chi connectivity index (χ4v) is 2.62. The van der Waals surface area contributed by atoms with Crippen LogP contribution in [0.15, 0.2) is 24.3 Å². The molecular weight excluding hydrogens is 252 g/mol. The Hall–Kier alpha value is -1.55. The van der Waals surface area contributed by atoms with Gasteiger partial charge in [0.05, 0.1) is 13.2 Å². The van der Waals surface area contributed by atoms with Crippen molar-refractivity contribution in [3.63, 3.8) is 0 Å². The lowest BCUT2D eigenvalue weighted by atomic mass is 9.90. The first-order chi connectivity index (χ1) is 9.72. The molecule has 1 amide bonds. The van der Waals surface area contributed by atoms with E-state index in [9.17, 15) is 4.79 Å². The lowest BCUT2D eigenvalue weighted by molar-refractivity contribution is -0.124. The highest BCUT2D eigenvalue weighted by molar-refractivity contribution is 5.81. The Morgan fingerprint density at radius 2 is 2.15 bits per heavy atom. The lowest BCUT2D eigenvalue weighted by Crippen LogP contribution is -2.48. The molecule has 1 aromatic rings. The number of hydrogen-bond donors (Lipinski definition) is 2. The van der Waals surface area contributed by atoms with Gasteiger partial charge in [0.25, 0.3) is 0 Å². The Balaban J connectivity index is 1.81. The van der Waals surface area contributed by atoms with Gasteiger partial charge in [-0.2, -0.15) is 0 Å². The molecule has 0 saturated carbocycles. The van der Waals surface area contributed by atoms with Gasteiger partial charge in [-0.15, -0.1) is 0 Å². The number of amides is 1. The first-order valence-electron chi connectivity index (χ1n) is 7.37. The monoisotopic (exact) mass is 276 g/mol. The molecule has 110 valence electrons. The number of nitrogens with one attached hydrogen (secondary N) is 2. The Labute approximate surface area is 120 Å². The minimum Gasteiger partial charge on any atom is -0.497 e. The van der Waals surface area contributed by atoms with Crippen LogP contribution >= 0.6 is 0 Å². The van der Waals surface area contributed by atoms with E-state index in [4.69, 9.17) is 4.74 Å². The molecule has 1 aliphatic rings. The molecule has 0 aliphatic carbocycles. The van der Waals surface area contributed by atoms with E-state index in [2.05, 4.69) is 17.6 Å². The smallest absolute Gasteiger partial charge is 0.237 e. The van der Waals surface area contributed by atoms with Crippen molar-refractivity contribution in [1.29, 1.82) is 0 Å². The van der Waals surface area contributed by atoms with Gasteiger partial charge in [0, 0.05) is 6.54 Å². The Bertz CT molecular complexity index is 431. The summed E-state index contributed by atoms with van der Waals surface area (Å²) in [4.78, 5) is 12.2. The Morgan fingerprint density at radius 1 is 1.40 bits per heavy atom. The molecule has 0 bridgehead atoms. The molecule has 1 saturated heterocycles. The predicted octanol–water partition coefficient (Wildman–Crippen LogP) is 2.09. The number of carbonyl (C=O) groups excluding carboxylic acids is 1. The van der Waals surface area contributed by atoms with Crippen LogP contribution in [-0.2, 0) is 11.3 Å². The van der Waals surface area contributed by atoms with Crippen molar-refractivity contribution in [2.45, 2.75) is 38.8 Å². The van der Waals surface area contributed by atoms with Crippen LogP contribution in [0.2, 0.25) is 0 Å². The van der Waals surface area contributed by atoms with Crippen molar-refractivity contribution < 1.29 is 9.53 Å². The summed E-state index contributed by atoms with van der Waals surface area (Å²) in [6, 6.07) is 7.73. The molecule has 2 atom stereocenters. The third-order valence-corrected chi connectivity index (χ3v) is 4.03. The van der Waals surface area contributed by atoms with E-state index in [1.807, 2.05) is 24.3 Å². The summed E-state index contributed by atoms with van der Waals surface area (Å²) in [5.74, 6) is 1.62. The predicted molar refractivity (Wildman–Crippen MR) is 79.6 cm³/mol. The Morgan fingerprint density at radius 3 is 2.80 bits per heavy atom. The quantitative estimate of drug-likeness (QED) is 0.866. The second-order valence-electron chi connectivity index (χ2n) is 5.37. The van der Waals surface area contributed by atoms with E-state index in [0.717, 1.165) is 30.7 Å². The number of rotatable bonds is 5. The first kappa shape index (κ1) is 14.9. The summed E-state index contributed by atoms with van der Waals surface area (Å²) >= 11 is 0. The maximum Gasteiger partial charge on any atom is 0.237 e.